The first-order valence-electron chi connectivity index (χ1n) is 4.70. The van der Waals surface area contributed by atoms with Gasteiger partial charge in [-0.1, -0.05) is 0 Å². The number of nitrogens with zero attached hydrogens (tertiary/aromatic N) is 2. The molecule has 0 spiro atoms. The van der Waals surface area contributed by atoms with E-state index in [1.165, 1.54) is 0 Å². The van der Waals surface area contributed by atoms with Gasteiger partial charge in [-0.25, -0.2) is 0 Å². The summed E-state index contributed by atoms with van der Waals surface area (Å²) in [6.07, 6.45) is 4.93. The van der Waals surface area contributed by atoms with Gasteiger partial charge >= 0.3 is 0 Å². The van der Waals surface area contributed by atoms with E-state index in [1.807, 2.05) is 6.07 Å². The van der Waals surface area contributed by atoms with Gasteiger partial charge in [-0.15, -0.1) is 0 Å². The summed E-state index contributed by atoms with van der Waals surface area (Å²) >= 11 is 3.37. The highest BCUT2D eigenvalue weighted by Gasteiger charge is 2.20. The number of aromatic nitrogens is 1. The number of pyridine rings is 1. The monoisotopic (exact) mass is 256 g/mol. The molecule has 4 heteroatoms. The van der Waals surface area contributed by atoms with Gasteiger partial charge in [0.2, 0.25) is 0 Å². The van der Waals surface area contributed by atoms with Crippen molar-refractivity contribution < 1.29 is 4.74 Å². The predicted molar refractivity (Wildman–Crippen MR) is 58.5 cm³/mol. The molecular weight excluding hydrogens is 244 g/mol. The van der Waals surface area contributed by atoms with E-state index in [9.17, 15) is 0 Å². The van der Waals surface area contributed by atoms with Crippen LogP contribution in [0.2, 0.25) is 0 Å². The van der Waals surface area contributed by atoms with E-state index in [4.69, 9.17) is 4.74 Å². The second-order valence-electron chi connectivity index (χ2n) is 3.63. The van der Waals surface area contributed by atoms with Crippen molar-refractivity contribution >= 4 is 15.9 Å². The molecular formula is C10H13BrN2O. The number of rotatable bonds is 2. The minimum Gasteiger partial charge on any atom is -0.487 e. The topological polar surface area (TPSA) is 25.4 Å². The van der Waals surface area contributed by atoms with Crippen LogP contribution in [0.4, 0.5) is 0 Å². The molecule has 2 heterocycles. The predicted octanol–water partition coefficient (Wildman–Crippen LogP) is 1.93. The van der Waals surface area contributed by atoms with Gasteiger partial charge in [-0.05, 0) is 35.5 Å². The van der Waals surface area contributed by atoms with E-state index in [1.54, 1.807) is 12.4 Å². The van der Waals surface area contributed by atoms with Crippen molar-refractivity contribution in [1.29, 1.82) is 0 Å². The van der Waals surface area contributed by atoms with Crippen molar-refractivity contribution in [2.45, 2.75) is 12.5 Å². The van der Waals surface area contributed by atoms with Crippen LogP contribution in [0, 0.1) is 0 Å². The third-order valence-corrected chi connectivity index (χ3v) is 2.76. The van der Waals surface area contributed by atoms with Gasteiger partial charge in [-0.2, -0.15) is 0 Å². The second kappa shape index (κ2) is 4.28. The zero-order valence-corrected chi connectivity index (χ0v) is 9.70. The van der Waals surface area contributed by atoms with Crippen LogP contribution in [0.5, 0.6) is 5.75 Å². The van der Waals surface area contributed by atoms with E-state index in [2.05, 4.69) is 32.9 Å². The normalized spacial score (nSPS) is 22.6. The molecule has 0 amide bonds. The van der Waals surface area contributed by atoms with Crippen LogP contribution in [-0.2, 0) is 0 Å². The molecule has 1 saturated heterocycles. The van der Waals surface area contributed by atoms with Gasteiger partial charge < -0.3 is 9.64 Å². The summed E-state index contributed by atoms with van der Waals surface area (Å²) in [5.74, 6) is 0.847. The molecule has 1 aromatic rings. The third-order valence-electron chi connectivity index (χ3n) is 2.33. The number of hydrogen-bond acceptors (Lipinski definition) is 3. The molecule has 0 bridgehead atoms. The van der Waals surface area contributed by atoms with Crippen LogP contribution in [0.3, 0.4) is 0 Å². The quantitative estimate of drug-likeness (QED) is 0.809. The maximum absolute atomic E-state index is 5.79. The Morgan fingerprint density at radius 1 is 1.57 bits per heavy atom. The van der Waals surface area contributed by atoms with Gasteiger partial charge in [0.25, 0.3) is 0 Å². The Hall–Kier alpha value is -0.610. The first-order valence-corrected chi connectivity index (χ1v) is 5.49. The summed E-state index contributed by atoms with van der Waals surface area (Å²) in [5.41, 5.74) is 0. The maximum atomic E-state index is 5.79. The molecule has 3 nitrogen and oxygen atoms in total. The average Bonchev–Trinajstić information content (AvgIpc) is 2.51. The molecule has 0 radical (unpaired) electrons. The Bertz CT molecular complexity index is 319. The fourth-order valence-corrected chi connectivity index (χ4v) is 1.98. The van der Waals surface area contributed by atoms with Crippen molar-refractivity contribution in [1.82, 2.24) is 9.88 Å². The summed E-state index contributed by atoms with van der Waals surface area (Å²) in [5, 5.41) is 0. The standard InChI is InChI=1S/C10H13BrN2O/c1-13-3-2-9(7-13)14-10-4-8(11)5-12-6-10/h4-6,9H,2-3,7H2,1H3/t9-/m0/s1. The number of hydrogen-bond donors (Lipinski definition) is 0. The van der Waals surface area contributed by atoms with E-state index in [-0.39, 0.29) is 0 Å². The molecule has 0 aromatic carbocycles. The molecule has 1 aromatic heterocycles. The first-order chi connectivity index (χ1) is 6.74. The highest BCUT2D eigenvalue weighted by atomic mass is 79.9. The first kappa shape index (κ1) is 9.93. The van der Waals surface area contributed by atoms with Crippen molar-refractivity contribution in [3.05, 3.63) is 22.9 Å². The van der Waals surface area contributed by atoms with E-state index >= 15 is 0 Å². The van der Waals surface area contributed by atoms with E-state index in [0.29, 0.717) is 6.10 Å². The van der Waals surface area contributed by atoms with Gasteiger partial charge in [0.1, 0.15) is 11.9 Å². The van der Waals surface area contributed by atoms with Crippen molar-refractivity contribution in [3.63, 3.8) is 0 Å². The van der Waals surface area contributed by atoms with Crippen LogP contribution in [-0.4, -0.2) is 36.1 Å². The summed E-state index contributed by atoms with van der Waals surface area (Å²) in [4.78, 5) is 6.33. The Morgan fingerprint density at radius 2 is 2.43 bits per heavy atom. The van der Waals surface area contributed by atoms with Gasteiger partial charge in [0.15, 0.2) is 0 Å². The number of likely N-dealkylation sites (tertiary alicyclic amines) is 1. The average molecular weight is 257 g/mol. The molecule has 2 rings (SSSR count). The summed E-state index contributed by atoms with van der Waals surface area (Å²) in [6.45, 7) is 2.12. The van der Waals surface area contributed by atoms with Crippen LogP contribution >= 0.6 is 15.9 Å². The SMILES string of the molecule is CN1CC[C@H](Oc2cncc(Br)c2)C1. The molecule has 1 aliphatic rings. The number of ether oxygens (including phenoxy) is 1. The molecule has 1 aliphatic heterocycles. The zero-order chi connectivity index (χ0) is 9.97. The number of likely N-dealkylation sites (N-methyl/N-ethyl adjacent to an activating group) is 1. The lowest BCUT2D eigenvalue weighted by atomic mass is 10.3. The third kappa shape index (κ3) is 2.45. The van der Waals surface area contributed by atoms with Crippen LogP contribution in [0.15, 0.2) is 22.9 Å². The summed E-state index contributed by atoms with van der Waals surface area (Å²) in [7, 11) is 2.11. The van der Waals surface area contributed by atoms with Crippen LogP contribution in [0.1, 0.15) is 6.42 Å². The minimum atomic E-state index is 0.316. The van der Waals surface area contributed by atoms with Crippen molar-refractivity contribution in [2.24, 2.45) is 0 Å². The highest BCUT2D eigenvalue weighted by molar-refractivity contribution is 9.10. The molecule has 0 unspecified atom stereocenters. The molecule has 76 valence electrons. The summed E-state index contributed by atoms with van der Waals surface area (Å²) < 4.78 is 6.75. The lowest BCUT2D eigenvalue weighted by Gasteiger charge is -2.13. The Balaban J connectivity index is 1.97. The molecule has 1 fully saturated rings. The Morgan fingerprint density at radius 3 is 3.07 bits per heavy atom. The fraction of sp³-hybridized carbons (Fsp3) is 0.500. The van der Waals surface area contributed by atoms with E-state index < -0.39 is 0 Å². The van der Waals surface area contributed by atoms with Crippen molar-refractivity contribution in [2.75, 3.05) is 20.1 Å². The molecule has 0 aliphatic carbocycles. The number of halogens is 1. The lowest BCUT2D eigenvalue weighted by Crippen LogP contribution is -2.21. The molecule has 0 N–H and O–H groups in total. The molecule has 1 atom stereocenters. The van der Waals surface area contributed by atoms with Crippen LogP contribution in [0.25, 0.3) is 0 Å². The van der Waals surface area contributed by atoms with Gasteiger partial charge in [-0.3, -0.25) is 4.98 Å². The Labute approximate surface area is 92.2 Å². The Kier molecular flexibility index (Phi) is 3.03. The molecule has 14 heavy (non-hydrogen) atoms. The smallest absolute Gasteiger partial charge is 0.139 e. The van der Waals surface area contributed by atoms with E-state index in [0.717, 1.165) is 29.7 Å². The molecule has 0 saturated carbocycles. The van der Waals surface area contributed by atoms with Gasteiger partial charge in [0.05, 0.1) is 6.20 Å². The fourth-order valence-electron chi connectivity index (χ4n) is 1.64. The zero-order valence-electron chi connectivity index (χ0n) is 8.11. The highest BCUT2D eigenvalue weighted by Crippen LogP contribution is 2.19. The second-order valence-corrected chi connectivity index (χ2v) is 4.55. The largest absolute Gasteiger partial charge is 0.487 e. The maximum Gasteiger partial charge on any atom is 0.139 e. The van der Waals surface area contributed by atoms with Gasteiger partial charge in [0, 0.05) is 23.8 Å². The lowest BCUT2D eigenvalue weighted by molar-refractivity contribution is 0.207. The van der Waals surface area contributed by atoms with Crippen molar-refractivity contribution in [3.8, 4) is 5.75 Å². The van der Waals surface area contributed by atoms with Crippen LogP contribution < -0.4 is 4.74 Å². The minimum absolute atomic E-state index is 0.316. The summed E-state index contributed by atoms with van der Waals surface area (Å²) in [6, 6.07) is 1.95.